The van der Waals surface area contributed by atoms with Crippen LogP contribution in [0.4, 0.5) is 0 Å². The van der Waals surface area contributed by atoms with Crippen molar-refractivity contribution in [3.63, 3.8) is 0 Å². The van der Waals surface area contributed by atoms with Crippen LogP contribution in [0.1, 0.15) is 31.5 Å². The van der Waals surface area contributed by atoms with Crippen LogP contribution in [0.5, 0.6) is 0 Å². The summed E-state index contributed by atoms with van der Waals surface area (Å²) in [4.78, 5) is 4.48. The first kappa shape index (κ1) is 11.6. The Balaban J connectivity index is 1.96. The summed E-state index contributed by atoms with van der Waals surface area (Å²) in [7, 11) is 0. The molecule has 1 saturated carbocycles. The van der Waals surface area contributed by atoms with Gasteiger partial charge in [0, 0.05) is 24.4 Å². The van der Waals surface area contributed by atoms with Gasteiger partial charge in [0.25, 0.3) is 0 Å². The quantitative estimate of drug-likeness (QED) is 0.585. The van der Waals surface area contributed by atoms with Gasteiger partial charge in [0.1, 0.15) is 0 Å². The highest BCUT2D eigenvalue weighted by Crippen LogP contribution is 2.41. The standard InChI is InChI=1S/C13H21N3/c1-3-10-4-5-11(15-8-10)7-13(16-14)12-6-9(12)2/h4-5,8-9,12-13,16H,3,6-7,14H2,1-2H3. The van der Waals surface area contributed by atoms with E-state index in [4.69, 9.17) is 5.84 Å². The van der Waals surface area contributed by atoms with Crippen molar-refractivity contribution in [2.24, 2.45) is 17.7 Å². The van der Waals surface area contributed by atoms with Crippen molar-refractivity contribution in [2.75, 3.05) is 0 Å². The van der Waals surface area contributed by atoms with E-state index in [0.717, 1.165) is 30.4 Å². The molecule has 0 spiro atoms. The van der Waals surface area contributed by atoms with Gasteiger partial charge >= 0.3 is 0 Å². The third kappa shape index (κ3) is 2.60. The molecule has 0 aromatic carbocycles. The lowest BCUT2D eigenvalue weighted by atomic mass is 10.0. The minimum Gasteiger partial charge on any atom is -0.271 e. The minimum atomic E-state index is 0.384. The number of aryl methyl sites for hydroxylation is 1. The molecule has 1 aliphatic carbocycles. The van der Waals surface area contributed by atoms with Gasteiger partial charge in [-0.25, -0.2) is 0 Å². The Hall–Kier alpha value is -0.930. The van der Waals surface area contributed by atoms with Gasteiger partial charge in [-0.3, -0.25) is 16.3 Å². The zero-order valence-electron chi connectivity index (χ0n) is 10.1. The highest BCUT2D eigenvalue weighted by atomic mass is 15.2. The van der Waals surface area contributed by atoms with E-state index in [-0.39, 0.29) is 0 Å². The van der Waals surface area contributed by atoms with Gasteiger partial charge in [-0.15, -0.1) is 0 Å². The maximum atomic E-state index is 5.60. The smallest absolute Gasteiger partial charge is 0.0419 e. The molecule has 0 aliphatic heterocycles. The maximum absolute atomic E-state index is 5.60. The lowest BCUT2D eigenvalue weighted by molar-refractivity contribution is 0.450. The first-order chi connectivity index (χ1) is 7.74. The second-order valence-corrected chi connectivity index (χ2v) is 4.87. The van der Waals surface area contributed by atoms with Crippen molar-refractivity contribution in [2.45, 2.75) is 39.2 Å². The zero-order valence-corrected chi connectivity index (χ0v) is 10.1. The molecular formula is C13H21N3. The number of rotatable bonds is 5. The van der Waals surface area contributed by atoms with Crippen LogP contribution in [-0.4, -0.2) is 11.0 Å². The molecule has 1 aromatic heterocycles. The summed E-state index contributed by atoms with van der Waals surface area (Å²) in [5.41, 5.74) is 5.36. The molecule has 1 fully saturated rings. The average Bonchev–Trinajstić information content (AvgIpc) is 3.04. The number of hydrogen-bond acceptors (Lipinski definition) is 3. The van der Waals surface area contributed by atoms with Crippen molar-refractivity contribution in [3.8, 4) is 0 Å². The number of nitrogens with one attached hydrogen (secondary N) is 1. The molecule has 0 amide bonds. The molecule has 88 valence electrons. The highest BCUT2D eigenvalue weighted by molar-refractivity contribution is 5.15. The molecule has 3 atom stereocenters. The van der Waals surface area contributed by atoms with E-state index in [0.29, 0.717) is 6.04 Å². The lowest BCUT2D eigenvalue weighted by Crippen LogP contribution is -2.39. The molecule has 1 aliphatic rings. The fraction of sp³-hybridized carbons (Fsp3) is 0.615. The maximum Gasteiger partial charge on any atom is 0.0419 e. The molecule has 3 unspecified atom stereocenters. The topological polar surface area (TPSA) is 50.9 Å². The number of nitrogens with two attached hydrogens (primary N) is 1. The van der Waals surface area contributed by atoms with E-state index in [1.54, 1.807) is 0 Å². The van der Waals surface area contributed by atoms with Crippen molar-refractivity contribution < 1.29 is 0 Å². The molecule has 0 saturated heterocycles. The summed E-state index contributed by atoms with van der Waals surface area (Å²) in [6.45, 7) is 4.43. The van der Waals surface area contributed by atoms with E-state index in [1.165, 1.54) is 12.0 Å². The van der Waals surface area contributed by atoms with Crippen LogP contribution in [0.15, 0.2) is 18.3 Å². The SMILES string of the molecule is CCc1ccc(CC(NN)C2CC2C)nc1. The summed E-state index contributed by atoms with van der Waals surface area (Å²) in [5, 5.41) is 0. The lowest BCUT2D eigenvalue weighted by Gasteiger charge is -2.15. The molecule has 1 heterocycles. The van der Waals surface area contributed by atoms with Crippen molar-refractivity contribution >= 4 is 0 Å². The fourth-order valence-electron chi connectivity index (χ4n) is 2.26. The van der Waals surface area contributed by atoms with Crippen LogP contribution < -0.4 is 11.3 Å². The number of hydrazine groups is 1. The molecule has 16 heavy (non-hydrogen) atoms. The van der Waals surface area contributed by atoms with E-state index in [9.17, 15) is 0 Å². The Labute approximate surface area is 97.4 Å². The fourth-order valence-corrected chi connectivity index (χ4v) is 2.26. The van der Waals surface area contributed by atoms with E-state index in [2.05, 4.69) is 36.4 Å². The second-order valence-electron chi connectivity index (χ2n) is 4.87. The van der Waals surface area contributed by atoms with E-state index >= 15 is 0 Å². The van der Waals surface area contributed by atoms with Crippen molar-refractivity contribution in [1.29, 1.82) is 0 Å². The third-order valence-electron chi connectivity index (χ3n) is 3.63. The predicted octanol–water partition coefficient (Wildman–Crippen LogP) is 1.67. The average molecular weight is 219 g/mol. The second kappa shape index (κ2) is 4.93. The molecule has 3 heteroatoms. The van der Waals surface area contributed by atoms with Gasteiger partial charge in [-0.05, 0) is 36.3 Å². The summed E-state index contributed by atoms with van der Waals surface area (Å²) in [6, 6.07) is 4.66. The van der Waals surface area contributed by atoms with Gasteiger partial charge in [-0.2, -0.15) is 0 Å². The normalized spacial score (nSPS) is 25.4. The largest absolute Gasteiger partial charge is 0.271 e. The number of pyridine rings is 1. The summed E-state index contributed by atoms with van der Waals surface area (Å²) in [6.07, 6.45) is 5.25. The minimum absolute atomic E-state index is 0.384. The summed E-state index contributed by atoms with van der Waals surface area (Å²) >= 11 is 0. The monoisotopic (exact) mass is 219 g/mol. The van der Waals surface area contributed by atoms with Gasteiger partial charge in [0.2, 0.25) is 0 Å². The van der Waals surface area contributed by atoms with Gasteiger partial charge in [-0.1, -0.05) is 19.9 Å². The van der Waals surface area contributed by atoms with Crippen LogP contribution in [0, 0.1) is 11.8 Å². The molecule has 0 radical (unpaired) electrons. The van der Waals surface area contributed by atoms with Gasteiger partial charge in [0.15, 0.2) is 0 Å². The Morgan fingerprint density at radius 2 is 2.31 bits per heavy atom. The van der Waals surface area contributed by atoms with Crippen molar-refractivity contribution in [1.82, 2.24) is 10.4 Å². The molecular weight excluding hydrogens is 198 g/mol. The Bertz CT molecular complexity index is 334. The summed E-state index contributed by atoms with van der Waals surface area (Å²) < 4.78 is 0. The van der Waals surface area contributed by atoms with E-state index < -0.39 is 0 Å². The predicted molar refractivity (Wildman–Crippen MR) is 65.7 cm³/mol. The number of aromatic nitrogens is 1. The van der Waals surface area contributed by atoms with Gasteiger partial charge < -0.3 is 0 Å². The number of hydrogen-bond donors (Lipinski definition) is 2. The van der Waals surface area contributed by atoms with Gasteiger partial charge in [0.05, 0.1) is 0 Å². The Morgan fingerprint density at radius 3 is 2.75 bits per heavy atom. The van der Waals surface area contributed by atoms with Crippen LogP contribution >= 0.6 is 0 Å². The zero-order chi connectivity index (χ0) is 11.5. The van der Waals surface area contributed by atoms with Crippen LogP contribution in [-0.2, 0) is 12.8 Å². The van der Waals surface area contributed by atoms with E-state index in [1.807, 2.05) is 6.20 Å². The third-order valence-corrected chi connectivity index (χ3v) is 3.63. The summed E-state index contributed by atoms with van der Waals surface area (Å²) in [5.74, 6) is 7.15. The Morgan fingerprint density at radius 1 is 1.56 bits per heavy atom. The molecule has 2 rings (SSSR count). The molecule has 3 nitrogen and oxygen atoms in total. The van der Waals surface area contributed by atoms with Crippen molar-refractivity contribution in [3.05, 3.63) is 29.6 Å². The first-order valence-electron chi connectivity index (χ1n) is 6.14. The number of nitrogens with zero attached hydrogens (tertiary/aromatic N) is 1. The van der Waals surface area contributed by atoms with Crippen LogP contribution in [0.3, 0.4) is 0 Å². The molecule has 1 aromatic rings. The highest BCUT2D eigenvalue weighted by Gasteiger charge is 2.38. The Kier molecular flexibility index (Phi) is 3.56. The van der Waals surface area contributed by atoms with Crippen LogP contribution in [0.25, 0.3) is 0 Å². The first-order valence-corrected chi connectivity index (χ1v) is 6.14. The molecule has 3 N–H and O–H groups in total. The van der Waals surface area contributed by atoms with Crippen LogP contribution in [0.2, 0.25) is 0 Å². The molecule has 0 bridgehead atoms.